The molecule has 19 heavy (non-hydrogen) atoms. The van der Waals surface area contributed by atoms with E-state index in [1.54, 1.807) is 0 Å². The molecule has 1 aromatic heterocycles. The molecular weight excluding hydrogens is 281 g/mol. The molecule has 108 valence electrons. The van der Waals surface area contributed by atoms with Crippen LogP contribution < -0.4 is 10.1 Å². The standard InChI is InChI=1S/C12H16ClF3N2O/c1-3-4-17-6-9-5-11(18-7-10(9)13)19-8(2)12(14,15)16/h5,7-8,17H,3-4,6H2,1-2H3. The number of pyridine rings is 1. The maximum atomic E-state index is 12.4. The van der Waals surface area contributed by atoms with E-state index in [4.69, 9.17) is 16.3 Å². The van der Waals surface area contributed by atoms with Gasteiger partial charge >= 0.3 is 6.18 Å². The molecule has 7 heteroatoms. The molecule has 0 bridgehead atoms. The summed E-state index contributed by atoms with van der Waals surface area (Å²) in [6.45, 7) is 4.21. The number of hydrogen-bond donors (Lipinski definition) is 1. The minimum Gasteiger partial charge on any atom is -0.465 e. The molecular formula is C12H16ClF3N2O. The van der Waals surface area contributed by atoms with Crippen molar-refractivity contribution in [3.05, 3.63) is 22.8 Å². The van der Waals surface area contributed by atoms with E-state index in [1.165, 1.54) is 12.3 Å². The van der Waals surface area contributed by atoms with Crippen LogP contribution in [0.25, 0.3) is 0 Å². The molecule has 0 saturated heterocycles. The highest BCUT2D eigenvalue weighted by Crippen LogP contribution is 2.25. The van der Waals surface area contributed by atoms with Gasteiger partial charge in [-0.1, -0.05) is 18.5 Å². The van der Waals surface area contributed by atoms with Gasteiger partial charge in [-0.05, 0) is 25.5 Å². The summed E-state index contributed by atoms with van der Waals surface area (Å²) in [5.41, 5.74) is 0.662. The Morgan fingerprint density at radius 2 is 2.16 bits per heavy atom. The Bertz CT molecular complexity index is 412. The van der Waals surface area contributed by atoms with Gasteiger partial charge < -0.3 is 10.1 Å². The minimum atomic E-state index is -4.41. The van der Waals surface area contributed by atoms with E-state index in [2.05, 4.69) is 10.3 Å². The first-order valence-electron chi connectivity index (χ1n) is 5.93. The van der Waals surface area contributed by atoms with Crippen molar-refractivity contribution in [3.8, 4) is 5.88 Å². The summed E-state index contributed by atoms with van der Waals surface area (Å²) in [6.07, 6.45) is -4.07. The predicted molar refractivity (Wildman–Crippen MR) is 67.4 cm³/mol. The molecule has 0 amide bonds. The molecule has 1 heterocycles. The first-order valence-corrected chi connectivity index (χ1v) is 6.31. The third-order valence-corrected chi connectivity index (χ3v) is 2.75. The summed E-state index contributed by atoms with van der Waals surface area (Å²) in [7, 11) is 0. The molecule has 3 nitrogen and oxygen atoms in total. The van der Waals surface area contributed by atoms with Crippen molar-refractivity contribution < 1.29 is 17.9 Å². The summed E-state index contributed by atoms with van der Waals surface area (Å²) in [5, 5.41) is 3.51. The summed E-state index contributed by atoms with van der Waals surface area (Å²) in [6, 6.07) is 1.42. The van der Waals surface area contributed by atoms with Crippen LogP contribution in [-0.4, -0.2) is 23.8 Å². The maximum absolute atomic E-state index is 12.4. The lowest BCUT2D eigenvalue weighted by Crippen LogP contribution is -2.31. The van der Waals surface area contributed by atoms with Crippen LogP contribution in [0.15, 0.2) is 12.3 Å². The van der Waals surface area contributed by atoms with Gasteiger partial charge in [-0.15, -0.1) is 0 Å². The predicted octanol–water partition coefficient (Wildman–Crippen LogP) is 3.56. The summed E-state index contributed by atoms with van der Waals surface area (Å²) < 4.78 is 41.9. The van der Waals surface area contributed by atoms with Crippen molar-refractivity contribution in [2.24, 2.45) is 0 Å². The van der Waals surface area contributed by atoms with E-state index in [0.29, 0.717) is 17.1 Å². The fourth-order valence-corrected chi connectivity index (χ4v) is 1.48. The summed E-state index contributed by atoms with van der Waals surface area (Å²) in [5.74, 6) is -0.0810. The highest BCUT2D eigenvalue weighted by molar-refractivity contribution is 6.31. The van der Waals surface area contributed by atoms with E-state index in [1.807, 2.05) is 6.92 Å². The van der Waals surface area contributed by atoms with Crippen molar-refractivity contribution in [1.29, 1.82) is 0 Å². The number of rotatable bonds is 6. The van der Waals surface area contributed by atoms with Crippen LogP contribution >= 0.6 is 11.6 Å². The molecule has 0 aliphatic heterocycles. The van der Waals surface area contributed by atoms with Crippen LogP contribution in [0.1, 0.15) is 25.8 Å². The zero-order valence-corrected chi connectivity index (χ0v) is 11.5. The van der Waals surface area contributed by atoms with Crippen LogP contribution in [0.3, 0.4) is 0 Å². The third kappa shape index (κ3) is 5.24. The third-order valence-electron chi connectivity index (χ3n) is 2.41. The largest absolute Gasteiger partial charge is 0.465 e. The van der Waals surface area contributed by atoms with Crippen LogP contribution in [0.5, 0.6) is 5.88 Å². The second-order valence-corrected chi connectivity index (χ2v) is 4.50. The van der Waals surface area contributed by atoms with Gasteiger partial charge in [-0.2, -0.15) is 13.2 Å². The Kier molecular flexibility index (Phi) is 5.87. The van der Waals surface area contributed by atoms with Gasteiger partial charge in [-0.3, -0.25) is 0 Å². The van der Waals surface area contributed by atoms with E-state index in [0.717, 1.165) is 19.9 Å². The molecule has 0 aromatic carbocycles. The van der Waals surface area contributed by atoms with Crippen molar-refractivity contribution in [2.45, 2.75) is 39.1 Å². The lowest BCUT2D eigenvalue weighted by Gasteiger charge is -2.17. The van der Waals surface area contributed by atoms with Crippen molar-refractivity contribution in [3.63, 3.8) is 0 Å². The molecule has 0 fully saturated rings. The maximum Gasteiger partial charge on any atom is 0.425 e. The SMILES string of the molecule is CCCNCc1cc(OC(C)C(F)(F)F)ncc1Cl. The molecule has 1 rings (SSSR count). The van der Waals surface area contributed by atoms with Crippen molar-refractivity contribution >= 4 is 11.6 Å². The number of nitrogens with zero attached hydrogens (tertiary/aromatic N) is 1. The van der Waals surface area contributed by atoms with Gasteiger partial charge in [0.05, 0.1) is 5.02 Å². The molecule has 0 saturated carbocycles. The second-order valence-electron chi connectivity index (χ2n) is 4.09. The normalized spacial score (nSPS) is 13.4. The monoisotopic (exact) mass is 296 g/mol. The molecule has 0 aliphatic carbocycles. The summed E-state index contributed by atoms with van der Waals surface area (Å²) >= 11 is 5.92. The van der Waals surface area contributed by atoms with Gasteiger partial charge in [0.25, 0.3) is 0 Å². The molecule has 1 atom stereocenters. The Labute approximate surface area is 115 Å². The highest BCUT2D eigenvalue weighted by Gasteiger charge is 2.38. The van der Waals surface area contributed by atoms with Crippen LogP contribution in [0, 0.1) is 0 Å². The number of aromatic nitrogens is 1. The molecule has 1 unspecified atom stereocenters. The van der Waals surface area contributed by atoms with E-state index < -0.39 is 12.3 Å². The molecule has 0 spiro atoms. The quantitative estimate of drug-likeness (QED) is 0.815. The zero-order valence-electron chi connectivity index (χ0n) is 10.7. The first-order chi connectivity index (χ1) is 8.84. The zero-order chi connectivity index (χ0) is 14.5. The van der Waals surface area contributed by atoms with Gasteiger partial charge in [0.15, 0.2) is 6.10 Å². The minimum absolute atomic E-state index is 0.0810. The molecule has 0 aliphatic rings. The average Bonchev–Trinajstić information content (AvgIpc) is 2.32. The van der Waals surface area contributed by atoms with Gasteiger partial charge in [-0.25, -0.2) is 4.98 Å². The van der Waals surface area contributed by atoms with E-state index >= 15 is 0 Å². The average molecular weight is 297 g/mol. The fraction of sp³-hybridized carbons (Fsp3) is 0.583. The number of hydrogen-bond acceptors (Lipinski definition) is 3. The first kappa shape index (κ1) is 16.0. The smallest absolute Gasteiger partial charge is 0.425 e. The lowest BCUT2D eigenvalue weighted by atomic mass is 10.2. The van der Waals surface area contributed by atoms with Crippen molar-refractivity contribution in [1.82, 2.24) is 10.3 Å². The molecule has 1 N–H and O–H groups in total. The van der Waals surface area contributed by atoms with Crippen molar-refractivity contribution in [2.75, 3.05) is 6.54 Å². The van der Waals surface area contributed by atoms with Gasteiger partial charge in [0.1, 0.15) is 0 Å². The molecule has 1 aromatic rings. The van der Waals surface area contributed by atoms with Crippen LogP contribution in [0.2, 0.25) is 5.02 Å². The lowest BCUT2D eigenvalue weighted by molar-refractivity contribution is -0.190. The Morgan fingerprint density at radius 1 is 1.47 bits per heavy atom. The number of ether oxygens (including phenoxy) is 1. The molecule has 0 radical (unpaired) electrons. The van der Waals surface area contributed by atoms with Gasteiger partial charge in [0.2, 0.25) is 5.88 Å². The highest BCUT2D eigenvalue weighted by atomic mass is 35.5. The number of nitrogens with one attached hydrogen (secondary N) is 1. The second kappa shape index (κ2) is 6.96. The van der Waals surface area contributed by atoms with E-state index in [-0.39, 0.29) is 5.88 Å². The summed E-state index contributed by atoms with van der Waals surface area (Å²) in [4.78, 5) is 3.74. The van der Waals surface area contributed by atoms with Gasteiger partial charge in [0, 0.05) is 18.8 Å². The number of halogens is 4. The Balaban J connectivity index is 2.73. The Morgan fingerprint density at radius 3 is 2.74 bits per heavy atom. The van der Waals surface area contributed by atoms with Crippen LogP contribution in [-0.2, 0) is 6.54 Å². The topological polar surface area (TPSA) is 34.1 Å². The Hall–Kier alpha value is -1.01. The fourth-order valence-electron chi connectivity index (χ4n) is 1.31. The van der Waals surface area contributed by atoms with E-state index in [9.17, 15) is 13.2 Å². The number of alkyl halides is 3. The van der Waals surface area contributed by atoms with Crippen LogP contribution in [0.4, 0.5) is 13.2 Å².